The van der Waals surface area contributed by atoms with Crippen LogP contribution in [-0.4, -0.2) is 12.9 Å². The van der Waals surface area contributed by atoms with Gasteiger partial charge in [-0.2, -0.15) is 0 Å². The highest BCUT2D eigenvalue weighted by Gasteiger charge is 2.16. The van der Waals surface area contributed by atoms with Crippen molar-refractivity contribution in [3.63, 3.8) is 0 Å². The topological polar surface area (TPSA) is 26.3 Å². The Morgan fingerprint density at radius 3 is 2.75 bits per heavy atom. The minimum absolute atomic E-state index is 0.119. The first-order chi connectivity index (χ1) is 9.52. The Kier molecular flexibility index (Phi) is 4.40. The molecule has 0 aliphatic heterocycles. The van der Waals surface area contributed by atoms with E-state index in [1.165, 1.54) is 18.2 Å². The second-order valence-corrected chi connectivity index (χ2v) is 4.89. The summed E-state index contributed by atoms with van der Waals surface area (Å²) in [4.78, 5) is 12.3. The van der Waals surface area contributed by atoms with E-state index in [1.807, 2.05) is 25.1 Å². The summed E-state index contributed by atoms with van der Waals surface area (Å²) in [6.45, 7) is 1.93. The zero-order chi connectivity index (χ0) is 14.7. The molecule has 0 bridgehead atoms. The van der Waals surface area contributed by atoms with Gasteiger partial charge in [0.2, 0.25) is 0 Å². The summed E-state index contributed by atoms with van der Waals surface area (Å²) in [5, 5.41) is -0.135. The Morgan fingerprint density at radius 1 is 1.30 bits per heavy atom. The molecule has 2 aromatic carbocycles. The molecule has 0 spiro atoms. The van der Waals surface area contributed by atoms with Crippen molar-refractivity contribution in [1.29, 1.82) is 0 Å². The van der Waals surface area contributed by atoms with Gasteiger partial charge in [0.25, 0.3) is 0 Å². The van der Waals surface area contributed by atoms with Crippen LogP contribution in [0.1, 0.15) is 21.5 Å². The second kappa shape index (κ2) is 6.06. The molecular formula is C16H14ClFO2. The molecule has 0 N–H and O–H groups in total. The van der Waals surface area contributed by atoms with Crippen molar-refractivity contribution in [2.45, 2.75) is 13.3 Å². The van der Waals surface area contributed by atoms with Gasteiger partial charge in [0.1, 0.15) is 11.6 Å². The first-order valence-electron chi connectivity index (χ1n) is 6.13. The first kappa shape index (κ1) is 14.5. The van der Waals surface area contributed by atoms with Crippen LogP contribution in [0.25, 0.3) is 0 Å². The number of carbonyl (C=O) groups is 1. The molecule has 0 unspecified atom stereocenters. The first-order valence-corrected chi connectivity index (χ1v) is 6.51. The van der Waals surface area contributed by atoms with Crippen molar-refractivity contribution >= 4 is 17.4 Å². The lowest BCUT2D eigenvalue weighted by Gasteiger charge is -2.10. The maximum absolute atomic E-state index is 13.4. The fraction of sp³-hybridized carbons (Fsp3) is 0.188. The maximum Gasteiger partial charge on any atom is 0.168 e. The van der Waals surface area contributed by atoms with Gasteiger partial charge in [0.15, 0.2) is 5.78 Å². The molecule has 2 aromatic rings. The molecule has 0 radical (unpaired) electrons. The van der Waals surface area contributed by atoms with Gasteiger partial charge in [0.05, 0.1) is 12.1 Å². The molecule has 0 aromatic heterocycles. The van der Waals surface area contributed by atoms with Gasteiger partial charge < -0.3 is 4.74 Å². The van der Waals surface area contributed by atoms with Crippen LogP contribution in [0.5, 0.6) is 5.75 Å². The van der Waals surface area contributed by atoms with Crippen LogP contribution in [0.3, 0.4) is 0 Å². The normalized spacial score (nSPS) is 10.4. The molecule has 0 heterocycles. The number of hydrogen-bond acceptors (Lipinski definition) is 2. The fourth-order valence-electron chi connectivity index (χ4n) is 2.03. The summed E-state index contributed by atoms with van der Waals surface area (Å²) in [5.74, 6) is -0.191. The van der Waals surface area contributed by atoms with Crippen LogP contribution in [0.4, 0.5) is 4.39 Å². The van der Waals surface area contributed by atoms with Crippen LogP contribution in [0.15, 0.2) is 36.4 Å². The molecule has 0 fully saturated rings. The van der Waals surface area contributed by atoms with Gasteiger partial charge in [0, 0.05) is 17.5 Å². The van der Waals surface area contributed by atoms with E-state index in [4.69, 9.17) is 16.3 Å². The number of halogens is 2. The third-order valence-corrected chi connectivity index (χ3v) is 3.42. The lowest BCUT2D eigenvalue weighted by atomic mass is 10.0. The van der Waals surface area contributed by atoms with Crippen molar-refractivity contribution in [3.05, 3.63) is 63.9 Å². The highest BCUT2D eigenvalue weighted by molar-refractivity contribution is 6.34. The van der Waals surface area contributed by atoms with E-state index in [2.05, 4.69) is 0 Å². The number of aryl methyl sites for hydroxylation is 1. The van der Waals surface area contributed by atoms with E-state index in [0.29, 0.717) is 5.75 Å². The number of ketones is 1. The predicted molar refractivity (Wildman–Crippen MR) is 77.2 cm³/mol. The van der Waals surface area contributed by atoms with Crippen molar-refractivity contribution in [3.8, 4) is 5.75 Å². The summed E-state index contributed by atoms with van der Waals surface area (Å²) in [6, 6.07) is 9.82. The number of Topliss-reactive ketones (excluding diaryl/α,β-unsaturated/α-hetero) is 1. The van der Waals surface area contributed by atoms with Gasteiger partial charge in [-0.1, -0.05) is 35.4 Å². The van der Waals surface area contributed by atoms with Crippen molar-refractivity contribution in [2.75, 3.05) is 7.11 Å². The smallest absolute Gasteiger partial charge is 0.168 e. The number of ether oxygens (including phenoxy) is 1. The third-order valence-electron chi connectivity index (χ3n) is 3.04. The van der Waals surface area contributed by atoms with E-state index in [0.717, 1.165) is 11.1 Å². The predicted octanol–water partition coefficient (Wildman–Crippen LogP) is 4.22. The Hall–Kier alpha value is -1.87. The average Bonchev–Trinajstić information content (AvgIpc) is 2.42. The lowest BCUT2D eigenvalue weighted by molar-refractivity contribution is 0.0992. The zero-order valence-corrected chi connectivity index (χ0v) is 12.0. The van der Waals surface area contributed by atoms with Crippen LogP contribution in [0.2, 0.25) is 5.02 Å². The van der Waals surface area contributed by atoms with E-state index < -0.39 is 5.82 Å². The largest absolute Gasteiger partial charge is 0.496 e. The summed E-state index contributed by atoms with van der Waals surface area (Å²) >= 11 is 5.83. The second-order valence-electron chi connectivity index (χ2n) is 4.52. The summed E-state index contributed by atoms with van der Waals surface area (Å²) in [7, 11) is 1.55. The van der Waals surface area contributed by atoms with Crippen molar-refractivity contribution in [1.82, 2.24) is 0 Å². The van der Waals surface area contributed by atoms with E-state index >= 15 is 0 Å². The van der Waals surface area contributed by atoms with Gasteiger partial charge in [-0.15, -0.1) is 0 Å². The van der Waals surface area contributed by atoms with Crippen LogP contribution in [0, 0.1) is 12.7 Å². The minimum atomic E-state index is -0.589. The Morgan fingerprint density at radius 2 is 2.05 bits per heavy atom. The number of carbonyl (C=O) groups excluding carboxylic acids is 1. The molecule has 4 heteroatoms. The average molecular weight is 293 g/mol. The molecule has 0 aliphatic carbocycles. The molecule has 20 heavy (non-hydrogen) atoms. The molecule has 2 rings (SSSR count). The van der Waals surface area contributed by atoms with Gasteiger partial charge in [-0.3, -0.25) is 4.79 Å². The monoisotopic (exact) mass is 292 g/mol. The fourth-order valence-corrected chi connectivity index (χ4v) is 2.26. The third kappa shape index (κ3) is 2.99. The van der Waals surface area contributed by atoms with Crippen LogP contribution < -0.4 is 4.74 Å². The molecule has 0 saturated carbocycles. The Labute approximate surface area is 122 Å². The van der Waals surface area contributed by atoms with Gasteiger partial charge in [-0.05, 0) is 25.1 Å². The van der Waals surface area contributed by atoms with Gasteiger partial charge in [-0.25, -0.2) is 4.39 Å². The number of rotatable bonds is 4. The molecule has 0 atom stereocenters. The highest BCUT2D eigenvalue weighted by atomic mass is 35.5. The van der Waals surface area contributed by atoms with E-state index in [1.54, 1.807) is 7.11 Å². The SMILES string of the molecule is COc1ccc(C)cc1CC(=O)c1cccc(F)c1Cl. The van der Waals surface area contributed by atoms with Crippen molar-refractivity contribution in [2.24, 2.45) is 0 Å². The van der Waals surface area contributed by atoms with E-state index in [9.17, 15) is 9.18 Å². The number of hydrogen-bond donors (Lipinski definition) is 0. The molecule has 2 nitrogen and oxygen atoms in total. The Bertz CT molecular complexity index is 653. The number of benzene rings is 2. The van der Waals surface area contributed by atoms with Gasteiger partial charge >= 0.3 is 0 Å². The highest BCUT2D eigenvalue weighted by Crippen LogP contribution is 2.25. The Balaban J connectivity index is 2.32. The summed E-state index contributed by atoms with van der Waals surface area (Å²) in [6.07, 6.45) is 0.119. The zero-order valence-electron chi connectivity index (χ0n) is 11.2. The summed E-state index contributed by atoms with van der Waals surface area (Å²) in [5.41, 5.74) is 1.98. The van der Waals surface area contributed by atoms with Crippen LogP contribution >= 0.6 is 11.6 Å². The maximum atomic E-state index is 13.4. The molecule has 0 aliphatic rings. The standard InChI is InChI=1S/C16H14ClFO2/c1-10-6-7-15(20-2)11(8-10)9-14(19)12-4-3-5-13(18)16(12)17/h3-8H,9H2,1-2H3. The van der Waals surface area contributed by atoms with Crippen LogP contribution in [-0.2, 0) is 6.42 Å². The molecule has 104 valence electrons. The minimum Gasteiger partial charge on any atom is -0.496 e. The molecule has 0 saturated heterocycles. The molecular weight excluding hydrogens is 279 g/mol. The van der Waals surface area contributed by atoms with E-state index in [-0.39, 0.29) is 22.8 Å². The van der Waals surface area contributed by atoms with Crippen molar-refractivity contribution < 1.29 is 13.9 Å². The quantitative estimate of drug-likeness (QED) is 0.789. The number of methoxy groups -OCH3 is 1. The summed E-state index contributed by atoms with van der Waals surface area (Å²) < 4.78 is 18.6. The molecule has 0 amide bonds. The lowest BCUT2D eigenvalue weighted by Crippen LogP contribution is -2.06.